The van der Waals surface area contributed by atoms with Gasteiger partial charge in [-0.15, -0.1) is 11.3 Å². The van der Waals surface area contributed by atoms with Crippen molar-refractivity contribution in [2.45, 2.75) is 26.3 Å². The Hall–Kier alpha value is -0.910. The summed E-state index contributed by atoms with van der Waals surface area (Å²) in [6.45, 7) is 5.20. The molecule has 2 rings (SSSR count). The number of thiophene rings is 1. The van der Waals surface area contributed by atoms with Crippen molar-refractivity contribution < 1.29 is 9.53 Å². The number of hydrogen-bond donors (Lipinski definition) is 2. The van der Waals surface area contributed by atoms with E-state index in [1.807, 2.05) is 11.4 Å². The zero-order valence-corrected chi connectivity index (χ0v) is 11.5. The lowest BCUT2D eigenvalue weighted by Gasteiger charge is -2.09. The number of hydrogen-bond acceptors (Lipinski definition) is 4. The molecule has 1 atom stereocenters. The van der Waals surface area contributed by atoms with E-state index in [9.17, 15) is 4.79 Å². The van der Waals surface area contributed by atoms with Crippen molar-refractivity contribution in [2.75, 3.05) is 25.1 Å². The number of anilines is 1. The van der Waals surface area contributed by atoms with Crippen molar-refractivity contribution in [1.29, 1.82) is 0 Å². The van der Waals surface area contributed by atoms with Crippen LogP contribution in [-0.4, -0.2) is 25.7 Å². The van der Waals surface area contributed by atoms with Crippen molar-refractivity contribution in [2.24, 2.45) is 5.92 Å². The first-order valence-electron chi connectivity index (χ1n) is 6.38. The molecule has 1 aliphatic rings. The van der Waals surface area contributed by atoms with Gasteiger partial charge in [-0.25, -0.2) is 0 Å². The lowest BCUT2D eigenvalue weighted by molar-refractivity contribution is -0.114. The standard InChI is InChI=1S/C13H20N2O2S/c1-10(16)15-12-4-7-18-13(12)8-14-5-2-11-3-6-17-9-11/h4,7,11,14H,2-3,5-6,8-9H2,1H3,(H,15,16). The fourth-order valence-electron chi connectivity index (χ4n) is 2.10. The van der Waals surface area contributed by atoms with Crippen LogP contribution in [0.25, 0.3) is 0 Å². The highest BCUT2D eigenvalue weighted by atomic mass is 32.1. The summed E-state index contributed by atoms with van der Waals surface area (Å²) in [5, 5.41) is 8.29. The predicted octanol–water partition coefficient (Wildman–Crippen LogP) is 2.22. The van der Waals surface area contributed by atoms with Crippen LogP contribution < -0.4 is 10.6 Å². The molecule has 1 unspecified atom stereocenters. The molecule has 5 heteroatoms. The molecule has 1 aromatic rings. The van der Waals surface area contributed by atoms with Crippen LogP contribution in [0, 0.1) is 5.92 Å². The van der Waals surface area contributed by atoms with E-state index >= 15 is 0 Å². The first-order valence-corrected chi connectivity index (χ1v) is 7.26. The fraction of sp³-hybridized carbons (Fsp3) is 0.615. The zero-order chi connectivity index (χ0) is 12.8. The third-order valence-corrected chi connectivity index (χ3v) is 4.02. The molecule has 18 heavy (non-hydrogen) atoms. The van der Waals surface area contributed by atoms with Crippen LogP contribution in [0.4, 0.5) is 5.69 Å². The summed E-state index contributed by atoms with van der Waals surface area (Å²) in [6.07, 6.45) is 2.36. The van der Waals surface area contributed by atoms with Crippen molar-refractivity contribution in [3.8, 4) is 0 Å². The second-order valence-corrected chi connectivity index (χ2v) is 5.63. The topological polar surface area (TPSA) is 50.4 Å². The highest BCUT2D eigenvalue weighted by molar-refractivity contribution is 7.10. The number of amides is 1. The lowest BCUT2D eigenvalue weighted by atomic mass is 10.1. The Balaban J connectivity index is 1.69. The van der Waals surface area contributed by atoms with Gasteiger partial charge in [-0.05, 0) is 36.8 Å². The van der Waals surface area contributed by atoms with Crippen LogP contribution in [0.5, 0.6) is 0 Å². The molecule has 0 bridgehead atoms. The van der Waals surface area contributed by atoms with E-state index in [1.165, 1.54) is 24.6 Å². The van der Waals surface area contributed by atoms with Gasteiger partial charge in [0.05, 0.1) is 5.69 Å². The van der Waals surface area contributed by atoms with E-state index in [2.05, 4.69) is 10.6 Å². The van der Waals surface area contributed by atoms with Crippen molar-refractivity contribution in [3.05, 3.63) is 16.3 Å². The smallest absolute Gasteiger partial charge is 0.221 e. The first kappa shape index (κ1) is 13.5. The second-order valence-electron chi connectivity index (χ2n) is 4.63. The van der Waals surface area contributed by atoms with Crippen LogP contribution in [0.1, 0.15) is 24.6 Å². The van der Waals surface area contributed by atoms with Gasteiger partial charge < -0.3 is 15.4 Å². The van der Waals surface area contributed by atoms with Crippen LogP contribution in [0.3, 0.4) is 0 Å². The van der Waals surface area contributed by atoms with Gasteiger partial charge in [0.2, 0.25) is 5.91 Å². The van der Waals surface area contributed by atoms with E-state index in [-0.39, 0.29) is 5.91 Å². The maximum absolute atomic E-state index is 11.0. The molecule has 0 aromatic carbocycles. The molecule has 4 nitrogen and oxygen atoms in total. The van der Waals surface area contributed by atoms with Gasteiger partial charge in [-0.3, -0.25) is 4.79 Å². The lowest BCUT2D eigenvalue weighted by Crippen LogP contribution is -2.18. The monoisotopic (exact) mass is 268 g/mol. The molecule has 2 heterocycles. The Bertz CT molecular complexity index is 386. The van der Waals surface area contributed by atoms with Crippen molar-refractivity contribution in [3.63, 3.8) is 0 Å². The maximum Gasteiger partial charge on any atom is 0.221 e. The van der Waals surface area contributed by atoms with E-state index in [0.717, 1.165) is 37.9 Å². The Morgan fingerprint density at radius 1 is 1.61 bits per heavy atom. The normalized spacial score (nSPS) is 19.1. The summed E-state index contributed by atoms with van der Waals surface area (Å²) in [5.74, 6) is 0.702. The Morgan fingerprint density at radius 2 is 2.50 bits per heavy atom. The van der Waals surface area contributed by atoms with Crippen LogP contribution in [-0.2, 0) is 16.1 Å². The van der Waals surface area contributed by atoms with Gasteiger partial charge in [0, 0.05) is 31.6 Å². The van der Waals surface area contributed by atoms with Crippen LogP contribution in [0.2, 0.25) is 0 Å². The highest BCUT2D eigenvalue weighted by Gasteiger charge is 2.14. The molecule has 100 valence electrons. The van der Waals surface area contributed by atoms with Crippen LogP contribution in [0.15, 0.2) is 11.4 Å². The SMILES string of the molecule is CC(=O)Nc1ccsc1CNCCC1CCOC1. The summed E-state index contributed by atoms with van der Waals surface area (Å²) in [7, 11) is 0. The minimum absolute atomic E-state index is 0.0160. The molecule has 1 aliphatic heterocycles. The van der Waals surface area contributed by atoms with Crippen molar-refractivity contribution in [1.82, 2.24) is 5.32 Å². The van der Waals surface area contributed by atoms with Gasteiger partial charge in [0.25, 0.3) is 0 Å². The summed E-state index contributed by atoms with van der Waals surface area (Å²) in [5.41, 5.74) is 0.934. The van der Waals surface area contributed by atoms with Crippen molar-refractivity contribution >= 4 is 22.9 Å². The van der Waals surface area contributed by atoms with E-state index in [0.29, 0.717) is 0 Å². The van der Waals surface area contributed by atoms with Gasteiger partial charge in [-0.2, -0.15) is 0 Å². The molecule has 0 saturated carbocycles. The molecule has 0 spiro atoms. The Morgan fingerprint density at radius 3 is 3.22 bits per heavy atom. The average molecular weight is 268 g/mol. The second kappa shape index (κ2) is 6.87. The number of rotatable bonds is 6. The van der Waals surface area contributed by atoms with Crippen LogP contribution >= 0.6 is 11.3 Å². The van der Waals surface area contributed by atoms with Gasteiger partial charge >= 0.3 is 0 Å². The summed E-state index contributed by atoms with van der Waals surface area (Å²) < 4.78 is 5.35. The number of carbonyl (C=O) groups excluding carboxylic acids is 1. The van der Waals surface area contributed by atoms with Gasteiger partial charge in [0.15, 0.2) is 0 Å². The summed E-state index contributed by atoms with van der Waals surface area (Å²) in [6, 6.07) is 1.95. The fourth-order valence-corrected chi connectivity index (χ4v) is 2.90. The summed E-state index contributed by atoms with van der Waals surface area (Å²) in [4.78, 5) is 12.2. The first-order chi connectivity index (χ1) is 8.75. The summed E-state index contributed by atoms with van der Waals surface area (Å²) >= 11 is 1.67. The Kier molecular flexibility index (Phi) is 5.16. The van der Waals surface area contributed by atoms with E-state index in [4.69, 9.17) is 4.74 Å². The van der Waals surface area contributed by atoms with E-state index in [1.54, 1.807) is 11.3 Å². The molecule has 1 aromatic heterocycles. The minimum atomic E-state index is -0.0160. The molecule has 0 radical (unpaired) electrons. The number of ether oxygens (including phenoxy) is 1. The van der Waals surface area contributed by atoms with E-state index < -0.39 is 0 Å². The molecule has 0 aliphatic carbocycles. The average Bonchev–Trinajstić information content (AvgIpc) is 2.95. The maximum atomic E-state index is 11.0. The third-order valence-electron chi connectivity index (χ3n) is 3.10. The zero-order valence-electron chi connectivity index (χ0n) is 10.7. The number of nitrogens with one attached hydrogen (secondary N) is 2. The largest absolute Gasteiger partial charge is 0.381 e. The highest BCUT2D eigenvalue weighted by Crippen LogP contribution is 2.22. The minimum Gasteiger partial charge on any atom is -0.381 e. The molecule has 1 saturated heterocycles. The third kappa shape index (κ3) is 4.08. The molecule has 1 amide bonds. The Labute approximate surface area is 112 Å². The molecular formula is C13H20N2O2S. The quantitative estimate of drug-likeness (QED) is 0.778. The molecule has 1 fully saturated rings. The molecular weight excluding hydrogens is 248 g/mol. The molecule has 2 N–H and O–H groups in total. The predicted molar refractivity (Wildman–Crippen MR) is 73.9 cm³/mol. The van der Waals surface area contributed by atoms with Gasteiger partial charge in [-0.1, -0.05) is 0 Å². The van der Waals surface area contributed by atoms with Gasteiger partial charge in [0.1, 0.15) is 0 Å². The number of carbonyl (C=O) groups is 1.